The van der Waals surface area contributed by atoms with Gasteiger partial charge in [0, 0.05) is 37.8 Å². The summed E-state index contributed by atoms with van der Waals surface area (Å²) in [5.41, 5.74) is 2.24. The van der Waals surface area contributed by atoms with Crippen LogP contribution in [0.5, 0.6) is 0 Å². The van der Waals surface area contributed by atoms with Crippen molar-refractivity contribution in [2.75, 3.05) is 25.2 Å². The molecule has 1 amide bonds. The molecule has 0 bridgehead atoms. The van der Waals surface area contributed by atoms with Gasteiger partial charge in [0.15, 0.2) is 0 Å². The Morgan fingerprint density at radius 3 is 3.00 bits per heavy atom. The first kappa shape index (κ1) is 12.6. The van der Waals surface area contributed by atoms with Gasteiger partial charge in [0.25, 0.3) is 0 Å². The molecule has 4 nitrogen and oxygen atoms in total. The number of anilines is 1. The van der Waals surface area contributed by atoms with Crippen molar-refractivity contribution >= 4 is 11.6 Å². The van der Waals surface area contributed by atoms with E-state index in [1.807, 2.05) is 25.2 Å². The van der Waals surface area contributed by atoms with Crippen molar-refractivity contribution < 1.29 is 9.53 Å². The monoisotopic (exact) mass is 260 g/mol. The molecule has 1 fully saturated rings. The van der Waals surface area contributed by atoms with E-state index in [9.17, 15) is 4.79 Å². The van der Waals surface area contributed by atoms with Crippen molar-refractivity contribution in [2.45, 2.75) is 31.3 Å². The van der Waals surface area contributed by atoms with Gasteiger partial charge in [0.1, 0.15) is 0 Å². The molecule has 2 unspecified atom stereocenters. The Morgan fingerprint density at radius 2 is 2.21 bits per heavy atom. The summed E-state index contributed by atoms with van der Waals surface area (Å²) in [4.78, 5) is 13.8. The van der Waals surface area contributed by atoms with Crippen molar-refractivity contribution in [3.8, 4) is 0 Å². The summed E-state index contributed by atoms with van der Waals surface area (Å²) in [5, 5.41) is 3.59. The normalized spacial score (nSPS) is 27.2. The van der Waals surface area contributed by atoms with Gasteiger partial charge in [-0.1, -0.05) is 18.2 Å². The molecule has 1 N–H and O–H groups in total. The Morgan fingerprint density at radius 1 is 1.37 bits per heavy atom. The number of amides is 1. The number of rotatable bonds is 2. The predicted molar refractivity (Wildman–Crippen MR) is 74.2 cm³/mol. The van der Waals surface area contributed by atoms with Crippen molar-refractivity contribution in [3.63, 3.8) is 0 Å². The second-order valence-corrected chi connectivity index (χ2v) is 5.35. The molecule has 0 saturated carbocycles. The Hall–Kier alpha value is -1.39. The fourth-order valence-electron chi connectivity index (χ4n) is 2.95. The number of fused-ring (bicyclic) bond motifs is 1. The molecular weight excluding hydrogens is 240 g/mol. The average molecular weight is 260 g/mol. The molecule has 0 aliphatic carbocycles. The summed E-state index contributed by atoms with van der Waals surface area (Å²) in [6.07, 6.45) is 2.76. The van der Waals surface area contributed by atoms with Crippen LogP contribution in [-0.2, 0) is 9.53 Å². The molecule has 3 rings (SSSR count). The first-order valence-corrected chi connectivity index (χ1v) is 6.95. The van der Waals surface area contributed by atoms with E-state index >= 15 is 0 Å². The Balaban J connectivity index is 1.81. The fraction of sp³-hybridized carbons (Fsp3) is 0.533. The van der Waals surface area contributed by atoms with Crippen LogP contribution in [0.3, 0.4) is 0 Å². The van der Waals surface area contributed by atoms with Gasteiger partial charge in [-0.15, -0.1) is 0 Å². The third-order valence-corrected chi connectivity index (χ3v) is 4.02. The Labute approximate surface area is 113 Å². The topological polar surface area (TPSA) is 41.6 Å². The summed E-state index contributed by atoms with van der Waals surface area (Å²) in [5.74, 6) is 0.174. The molecule has 1 aromatic rings. The molecule has 2 aliphatic heterocycles. The molecule has 1 saturated heterocycles. The van der Waals surface area contributed by atoms with Gasteiger partial charge < -0.3 is 15.0 Å². The summed E-state index contributed by atoms with van der Waals surface area (Å²) >= 11 is 0. The van der Waals surface area contributed by atoms with E-state index in [0.717, 1.165) is 31.7 Å². The molecule has 0 spiro atoms. The van der Waals surface area contributed by atoms with Gasteiger partial charge in [-0.3, -0.25) is 4.79 Å². The van der Waals surface area contributed by atoms with Gasteiger partial charge in [0.05, 0.1) is 6.61 Å². The third-order valence-electron chi connectivity index (χ3n) is 4.02. The van der Waals surface area contributed by atoms with Crippen molar-refractivity contribution in [3.05, 3.63) is 29.8 Å². The molecular formula is C15H20N2O2. The van der Waals surface area contributed by atoms with Crippen LogP contribution in [0.1, 0.15) is 30.9 Å². The first-order valence-electron chi connectivity index (χ1n) is 6.95. The van der Waals surface area contributed by atoms with E-state index in [-0.39, 0.29) is 11.9 Å². The molecule has 0 aromatic heterocycles. The lowest BCUT2D eigenvalue weighted by Gasteiger charge is -2.35. The molecule has 102 valence electrons. The highest BCUT2D eigenvalue weighted by Crippen LogP contribution is 2.33. The molecule has 1 aromatic carbocycles. The van der Waals surface area contributed by atoms with E-state index in [1.54, 1.807) is 4.90 Å². The summed E-state index contributed by atoms with van der Waals surface area (Å²) in [6, 6.07) is 8.62. The SMILES string of the molecule is CN1C(=O)CC(NC2CCCOC2)c2ccccc21. The maximum Gasteiger partial charge on any atom is 0.228 e. The van der Waals surface area contributed by atoms with Crippen LogP contribution in [0.4, 0.5) is 5.69 Å². The zero-order valence-corrected chi connectivity index (χ0v) is 11.3. The maximum absolute atomic E-state index is 12.1. The lowest BCUT2D eigenvalue weighted by molar-refractivity contribution is -0.119. The average Bonchev–Trinajstić information content (AvgIpc) is 2.46. The standard InChI is InChI=1S/C15H20N2O2/c1-17-14-7-3-2-6-12(14)13(9-15(17)18)16-11-5-4-8-19-10-11/h2-3,6-7,11,13,16H,4-5,8-10H2,1H3. The van der Waals surface area contributed by atoms with Crippen LogP contribution in [0, 0.1) is 0 Å². The van der Waals surface area contributed by atoms with E-state index < -0.39 is 0 Å². The number of nitrogens with zero attached hydrogens (tertiary/aromatic N) is 1. The molecule has 19 heavy (non-hydrogen) atoms. The highest BCUT2D eigenvalue weighted by molar-refractivity contribution is 5.96. The zero-order chi connectivity index (χ0) is 13.2. The van der Waals surface area contributed by atoms with Crippen LogP contribution in [0.15, 0.2) is 24.3 Å². The minimum atomic E-state index is 0.117. The van der Waals surface area contributed by atoms with Gasteiger partial charge in [-0.25, -0.2) is 0 Å². The number of ether oxygens (including phenoxy) is 1. The summed E-state index contributed by atoms with van der Waals surface area (Å²) in [7, 11) is 1.85. The molecule has 0 radical (unpaired) electrons. The summed E-state index contributed by atoms with van der Waals surface area (Å²) in [6.45, 7) is 1.61. The highest BCUT2D eigenvalue weighted by atomic mass is 16.5. The first-order chi connectivity index (χ1) is 9.25. The second kappa shape index (κ2) is 5.31. The van der Waals surface area contributed by atoms with Gasteiger partial charge in [0.2, 0.25) is 5.91 Å². The van der Waals surface area contributed by atoms with Gasteiger partial charge in [-0.05, 0) is 24.5 Å². The Bertz CT molecular complexity index is 469. The number of carbonyl (C=O) groups excluding carboxylic acids is 1. The van der Waals surface area contributed by atoms with Gasteiger partial charge >= 0.3 is 0 Å². The molecule has 2 heterocycles. The van der Waals surface area contributed by atoms with E-state index in [0.29, 0.717) is 12.5 Å². The Kier molecular flexibility index (Phi) is 3.53. The maximum atomic E-state index is 12.1. The zero-order valence-electron chi connectivity index (χ0n) is 11.3. The van der Waals surface area contributed by atoms with E-state index in [2.05, 4.69) is 11.4 Å². The highest BCUT2D eigenvalue weighted by Gasteiger charge is 2.30. The molecule has 2 atom stereocenters. The van der Waals surface area contributed by atoms with Crippen LogP contribution in [-0.4, -0.2) is 32.2 Å². The summed E-state index contributed by atoms with van der Waals surface area (Å²) < 4.78 is 5.50. The van der Waals surface area contributed by atoms with Gasteiger partial charge in [-0.2, -0.15) is 0 Å². The van der Waals surface area contributed by atoms with E-state index in [4.69, 9.17) is 4.74 Å². The third kappa shape index (κ3) is 2.51. The lowest BCUT2D eigenvalue weighted by Crippen LogP contribution is -2.44. The number of hydrogen-bond donors (Lipinski definition) is 1. The number of nitrogens with one attached hydrogen (secondary N) is 1. The number of hydrogen-bond acceptors (Lipinski definition) is 3. The largest absolute Gasteiger partial charge is 0.380 e. The second-order valence-electron chi connectivity index (χ2n) is 5.35. The predicted octanol–water partition coefficient (Wildman–Crippen LogP) is 1.86. The van der Waals surface area contributed by atoms with Crippen LogP contribution < -0.4 is 10.2 Å². The smallest absolute Gasteiger partial charge is 0.228 e. The van der Waals surface area contributed by atoms with Crippen LogP contribution >= 0.6 is 0 Å². The lowest BCUT2D eigenvalue weighted by atomic mass is 9.95. The number of carbonyl (C=O) groups is 1. The van der Waals surface area contributed by atoms with Crippen molar-refractivity contribution in [1.82, 2.24) is 5.32 Å². The molecule has 2 aliphatic rings. The minimum Gasteiger partial charge on any atom is -0.380 e. The fourth-order valence-corrected chi connectivity index (χ4v) is 2.95. The van der Waals surface area contributed by atoms with E-state index in [1.165, 1.54) is 5.56 Å². The van der Waals surface area contributed by atoms with Crippen LogP contribution in [0.25, 0.3) is 0 Å². The molecule has 4 heteroatoms. The van der Waals surface area contributed by atoms with Crippen LogP contribution in [0.2, 0.25) is 0 Å². The number of benzene rings is 1. The minimum absolute atomic E-state index is 0.117. The van der Waals surface area contributed by atoms with Crippen molar-refractivity contribution in [2.24, 2.45) is 0 Å². The number of para-hydroxylation sites is 1. The van der Waals surface area contributed by atoms with Crippen molar-refractivity contribution in [1.29, 1.82) is 0 Å². The quantitative estimate of drug-likeness (QED) is 0.882.